The molecular weight excluding hydrogens is 305 g/mol. The topological polar surface area (TPSA) is 50.1 Å². The van der Waals surface area contributed by atoms with Crippen LogP contribution >= 0.6 is 35.4 Å². The SMILES string of the molecule is Cc1noc(C)c1NC(=S)Nc1ccc(Cl)cc1Cl. The maximum Gasteiger partial charge on any atom is 0.175 e. The molecule has 4 nitrogen and oxygen atoms in total. The van der Waals surface area contributed by atoms with Crippen molar-refractivity contribution in [2.45, 2.75) is 13.8 Å². The summed E-state index contributed by atoms with van der Waals surface area (Å²) in [7, 11) is 0. The molecule has 1 aromatic heterocycles. The molecule has 0 amide bonds. The van der Waals surface area contributed by atoms with Gasteiger partial charge in [-0.25, -0.2) is 0 Å². The van der Waals surface area contributed by atoms with E-state index in [4.69, 9.17) is 39.9 Å². The van der Waals surface area contributed by atoms with Crippen LogP contribution in [-0.2, 0) is 0 Å². The van der Waals surface area contributed by atoms with Gasteiger partial charge in [-0.2, -0.15) is 0 Å². The molecule has 0 fully saturated rings. The van der Waals surface area contributed by atoms with Crippen LogP contribution in [-0.4, -0.2) is 10.3 Å². The van der Waals surface area contributed by atoms with Crippen LogP contribution in [0.3, 0.4) is 0 Å². The van der Waals surface area contributed by atoms with Gasteiger partial charge < -0.3 is 15.2 Å². The van der Waals surface area contributed by atoms with Gasteiger partial charge in [-0.15, -0.1) is 0 Å². The molecule has 0 aliphatic carbocycles. The Bertz CT molecular complexity index is 608. The minimum Gasteiger partial charge on any atom is -0.359 e. The quantitative estimate of drug-likeness (QED) is 0.804. The number of benzene rings is 1. The molecule has 0 aliphatic rings. The highest BCUT2D eigenvalue weighted by molar-refractivity contribution is 7.80. The van der Waals surface area contributed by atoms with E-state index in [0.717, 1.165) is 11.4 Å². The Labute approximate surface area is 126 Å². The number of nitrogens with one attached hydrogen (secondary N) is 2. The smallest absolute Gasteiger partial charge is 0.175 e. The number of rotatable bonds is 2. The fraction of sp³-hybridized carbons (Fsp3) is 0.167. The molecule has 0 saturated carbocycles. The van der Waals surface area contributed by atoms with Gasteiger partial charge in [0.2, 0.25) is 0 Å². The Hall–Kier alpha value is -1.30. The highest BCUT2D eigenvalue weighted by Gasteiger charge is 2.11. The first-order chi connectivity index (χ1) is 8.97. The molecule has 2 rings (SSSR count). The van der Waals surface area contributed by atoms with Crippen molar-refractivity contribution in [2.24, 2.45) is 0 Å². The predicted molar refractivity (Wildman–Crippen MR) is 82.3 cm³/mol. The van der Waals surface area contributed by atoms with Gasteiger partial charge in [0.15, 0.2) is 10.9 Å². The summed E-state index contributed by atoms with van der Waals surface area (Å²) in [6.07, 6.45) is 0. The van der Waals surface area contributed by atoms with E-state index in [1.165, 1.54) is 0 Å². The lowest BCUT2D eigenvalue weighted by Gasteiger charge is -2.11. The van der Waals surface area contributed by atoms with E-state index >= 15 is 0 Å². The Morgan fingerprint density at radius 1 is 1.26 bits per heavy atom. The van der Waals surface area contributed by atoms with Crippen molar-refractivity contribution in [1.82, 2.24) is 5.16 Å². The van der Waals surface area contributed by atoms with E-state index in [2.05, 4.69) is 15.8 Å². The highest BCUT2D eigenvalue weighted by atomic mass is 35.5. The van der Waals surface area contributed by atoms with E-state index in [-0.39, 0.29) is 0 Å². The number of aryl methyl sites for hydroxylation is 2. The van der Waals surface area contributed by atoms with Gasteiger partial charge in [0.05, 0.1) is 10.7 Å². The molecule has 0 aliphatic heterocycles. The lowest BCUT2D eigenvalue weighted by Crippen LogP contribution is -2.19. The monoisotopic (exact) mass is 315 g/mol. The molecule has 0 spiro atoms. The minimum atomic E-state index is 0.402. The van der Waals surface area contributed by atoms with Crippen molar-refractivity contribution in [1.29, 1.82) is 0 Å². The zero-order chi connectivity index (χ0) is 14.0. The molecule has 0 atom stereocenters. The fourth-order valence-electron chi connectivity index (χ4n) is 1.52. The van der Waals surface area contributed by atoms with Crippen LogP contribution < -0.4 is 10.6 Å². The second kappa shape index (κ2) is 5.77. The predicted octanol–water partition coefficient (Wildman–Crippen LogP) is 4.41. The van der Waals surface area contributed by atoms with Crippen molar-refractivity contribution >= 4 is 51.9 Å². The van der Waals surface area contributed by atoms with Crippen LogP contribution in [0, 0.1) is 13.8 Å². The lowest BCUT2D eigenvalue weighted by atomic mass is 10.3. The molecule has 0 saturated heterocycles. The zero-order valence-electron chi connectivity index (χ0n) is 10.3. The third kappa shape index (κ3) is 3.37. The van der Waals surface area contributed by atoms with Crippen molar-refractivity contribution in [3.05, 3.63) is 39.7 Å². The number of nitrogens with zero attached hydrogens (tertiary/aromatic N) is 1. The zero-order valence-corrected chi connectivity index (χ0v) is 12.6. The first kappa shape index (κ1) is 14.1. The molecule has 0 radical (unpaired) electrons. The average molecular weight is 316 g/mol. The van der Waals surface area contributed by atoms with Crippen LogP contribution in [0.15, 0.2) is 22.7 Å². The lowest BCUT2D eigenvalue weighted by molar-refractivity contribution is 0.393. The van der Waals surface area contributed by atoms with Crippen LogP contribution in [0.5, 0.6) is 0 Å². The highest BCUT2D eigenvalue weighted by Crippen LogP contribution is 2.26. The molecule has 2 aromatic rings. The van der Waals surface area contributed by atoms with Crippen molar-refractivity contribution < 1.29 is 4.52 Å². The fourth-order valence-corrected chi connectivity index (χ4v) is 2.19. The Kier molecular flexibility index (Phi) is 4.29. The van der Waals surface area contributed by atoms with Gasteiger partial charge in [-0.05, 0) is 44.3 Å². The molecule has 100 valence electrons. The van der Waals surface area contributed by atoms with Gasteiger partial charge in [0.1, 0.15) is 11.4 Å². The molecule has 0 unspecified atom stereocenters. The van der Waals surface area contributed by atoms with Crippen molar-refractivity contribution in [3.8, 4) is 0 Å². The standard InChI is InChI=1S/C12H11Cl2N3OS/c1-6-11(7(2)18-17-6)16-12(19)15-10-4-3-8(13)5-9(10)14/h3-5H,1-2H3,(H2,15,16,19). The first-order valence-electron chi connectivity index (χ1n) is 5.43. The van der Waals surface area contributed by atoms with Gasteiger partial charge in [0.25, 0.3) is 0 Å². The molecule has 1 heterocycles. The summed E-state index contributed by atoms with van der Waals surface area (Å²) in [6.45, 7) is 3.64. The van der Waals surface area contributed by atoms with Crippen molar-refractivity contribution in [2.75, 3.05) is 10.6 Å². The van der Waals surface area contributed by atoms with E-state index in [9.17, 15) is 0 Å². The number of halogens is 2. The summed E-state index contributed by atoms with van der Waals surface area (Å²) in [5.74, 6) is 0.670. The van der Waals surface area contributed by atoms with Gasteiger partial charge in [-0.3, -0.25) is 0 Å². The average Bonchev–Trinajstić information content (AvgIpc) is 2.65. The molecule has 19 heavy (non-hydrogen) atoms. The number of hydrogen-bond donors (Lipinski definition) is 2. The summed E-state index contributed by atoms with van der Waals surface area (Å²) >= 11 is 17.1. The Morgan fingerprint density at radius 3 is 2.58 bits per heavy atom. The number of hydrogen-bond acceptors (Lipinski definition) is 3. The molecule has 1 aromatic carbocycles. The summed E-state index contributed by atoms with van der Waals surface area (Å²) in [4.78, 5) is 0. The number of aromatic nitrogens is 1. The maximum absolute atomic E-state index is 6.05. The summed E-state index contributed by atoms with van der Waals surface area (Å²) < 4.78 is 5.04. The largest absolute Gasteiger partial charge is 0.359 e. The van der Waals surface area contributed by atoms with Crippen LogP contribution in [0.25, 0.3) is 0 Å². The van der Waals surface area contributed by atoms with Gasteiger partial charge in [0, 0.05) is 5.02 Å². The van der Waals surface area contributed by atoms with Crippen LogP contribution in [0.2, 0.25) is 10.0 Å². The maximum atomic E-state index is 6.05. The van der Waals surface area contributed by atoms with Crippen molar-refractivity contribution in [3.63, 3.8) is 0 Å². The van der Waals surface area contributed by atoms with E-state index in [1.54, 1.807) is 25.1 Å². The molecule has 2 N–H and O–H groups in total. The minimum absolute atomic E-state index is 0.402. The van der Waals surface area contributed by atoms with Gasteiger partial charge in [-0.1, -0.05) is 28.4 Å². The van der Waals surface area contributed by atoms with Crippen LogP contribution in [0.4, 0.5) is 11.4 Å². The van der Waals surface area contributed by atoms with E-state index < -0.39 is 0 Å². The second-order valence-corrected chi connectivity index (χ2v) is 5.15. The molecule has 7 heteroatoms. The molecular formula is C12H11Cl2N3OS. The first-order valence-corrected chi connectivity index (χ1v) is 6.59. The summed E-state index contributed by atoms with van der Waals surface area (Å²) in [5.41, 5.74) is 2.17. The summed E-state index contributed by atoms with van der Waals surface area (Å²) in [6, 6.07) is 5.13. The second-order valence-electron chi connectivity index (χ2n) is 3.90. The molecule has 0 bridgehead atoms. The van der Waals surface area contributed by atoms with E-state index in [0.29, 0.717) is 26.6 Å². The third-order valence-electron chi connectivity index (χ3n) is 2.45. The third-order valence-corrected chi connectivity index (χ3v) is 3.20. The Morgan fingerprint density at radius 2 is 2.00 bits per heavy atom. The number of anilines is 2. The number of thiocarbonyl (C=S) groups is 1. The van der Waals surface area contributed by atoms with Gasteiger partial charge >= 0.3 is 0 Å². The summed E-state index contributed by atoms with van der Waals surface area (Å²) in [5, 5.41) is 11.3. The van der Waals surface area contributed by atoms with Crippen LogP contribution in [0.1, 0.15) is 11.5 Å². The Balaban J connectivity index is 2.10. The van der Waals surface area contributed by atoms with E-state index in [1.807, 2.05) is 6.92 Å². The normalized spacial score (nSPS) is 10.3.